The molecule has 1 N–H and O–H groups in total. The predicted octanol–water partition coefficient (Wildman–Crippen LogP) is 4.84. The molecule has 1 atom stereocenters. The molecule has 0 saturated carbocycles. The van der Waals surface area contributed by atoms with Gasteiger partial charge in [-0.2, -0.15) is 5.10 Å². The summed E-state index contributed by atoms with van der Waals surface area (Å²) >= 11 is 3.24. The Labute approximate surface area is 224 Å². The number of hydrogen-bond donors (Lipinski definition) is 1. The van der Waals surface area contributed by atoms with E-state index in [2.05, 4.69) is 16.8 Å². The molecule has 190 valence electrons. The quantitative estimate of drug-likeness (QED) is 0.329. The average Bonchev–Trinajstić information content (AvgIpc) is 3.55. The Hall–Kier alpha value is -3.40. The van der Waals surface area contributed by atoms with E-state index in [0.29, 0.717) is 19.0 Å². The third kappa shape index (κ3) is 5.20. The second-order valence-electron chi connectivity index (χ2n) is 8.68. The minimum absolute atomic E-state index is 0.0981. The first-order valence-corrected chi connectivity index (χ1v) is 14.0. The van der Waals surface area contributed by atoms with Crippen LogP contribution < -0.4 is 10.2 Å². The topological polar surface area (TPSA) is 76.5 Å². The van der Waals surface area contributed by atoms with Gasteiger partial charge in [-0.3, -0.25) is 14.5 Å². The molecular weight excluding hydrogens is 504 g/mol. The van der Waals surface area contributed by atoms with E-state index in [0.717, 1.165) is 32.9 Å². The number of amides is 2. The average molecular weight is 533 g/mol. The lowest BCUT2D eigenvalue weighted by atomic mass is 10.0. The Balaban J connectivity index is 1.74. The highest BCUT2D eigenvalue weighted by Gasteiger charge is 2.38. The van der Waals surface area contributed by atoms with Crippen molar-refractivity contribution in [2.75, 3.05) is 37.5 Å². The Bertz CT molecular complexity index is 1390. The first kappa shape index (κ1) is 25.3. The minimum atomic E-state index is -0.241. The van der Waals surface area contributed by atoms with Crippen molar-refractivity contribution in [2.24, 2.45) is 0 Å². The molecule has 0 unspecified atom stereocenters. The van der Waals surface area contributed by atoms with E-state index in [1.165, 1.54) is 0 Å². The number of anilines is 1. The zero-order valence-corrected chi connectivity index (χ0v) is 22.3. The molecule has 2 aromatic carbocycles. The number of hydrogen-bond acceptors (Lipinski definition) is 6. The largest absolute Gasteiger partial charge is 0.383 e. The van der Waals surface area contributed by atoms with Gasteiger partial charge in [-0.25, -0.2) is 4.68 Å². The minimum Gasteiger partial charge on any atom is -0.383 e. The molecule has 1 aliphatic rings. The van der Waals surface area contributed by atoms with Gasteiger partial charge >= 0.3 is 0 Å². The molecule has 0 fully saturated rings. The summed E-state index contributed by atoms with van der Waals surface area (Å²) in [5.74, 6) is 0.532. The third-order valence-corrected chi connectivity index (χ3v) is 8.53. The van der Waals surface area contributed by atoms with Crippen LogP contribution in [0.3, 0.4) is 0 Å². The number of aromatic nitrogens is 2. The number of thiophene rings is 1. The standard InChI is InChI=1S/C28H28N4O3S2/c1-19-9-6-7-12-21(19)32-28-25(26(30-32)20-10-4-3-5-11-20)27(22-13-8-16-36-22)37-18-24(34)31(28)17-23(33)29-14-15-35-2/h3-13,16,27H,14-15,17-18H2,1-2H3,(H,29,33)/t27-/m1/s1. The van der Waals surface area contributed by atoms with Gasteiger partial charge in [-0.15, -0.1) is 23.1 Å². The fraction of sp³-hybridized carbons (Fsp3) is 0.250. The molecule has 0 bridgehead atoms. The molecule has 7 nitrogen and oxygen atoms in total. The fourth-order valence-electron chi connectivity index (χ4n) is 4.45. The fourth-order valence-corrected chi connectivity index (χ4v) is 6.63. The second-order valence-corrected chi connectivity index (χ2v) is 10.8. The monoisotopic (exact) mass is 532 g/mol. The van der Waals surface area contributed by atoms with Crippen molar-refractivity contribution < 1.29 is 14.3 Å². The smallest absolute Gasteiger partial charge is 0.240 e. The summed E-state index contributed by atoms with van der Waals surface area (Å²) in [6.45, 7) is 2.71. The highest BCUT2D eigenvalue weighted by Crippen LogP contribution is 2.49. The van der Waals surface area contributed by atoms with Crippen LogP contribution in [0.25, 0.3) is 16.9 Å². The van der Waals surface area contributed by atoms with Crippen LogP contribution in [0.15, 0.2) is 72.1 Å². The van der Waals surface area contributed by atoms with Gasteiger partial charge in [0.25, 0.3) is 0 Å². The van der Waals surface area contributed by atoms with Gasteiger partial charge in [0.1, 0.15) is 12.4 Å². The molecule has 0 saturated heterocycles. The predicted molar refractivity (Wildman–Crippen MR) is 150 cm³/mol. The van der Waals surface area contributed by atoms with Gasteiger partial charge in [0.2, 0.25) is 11.8 Å². The number of aryl methyl sites for hydroxylation is 1. The van der Waals surface area contributed by atoms with E-state index in [9.17, 15) is 9.59 Å². The number of carbonyl (C=O) groups excluding carboxylic acids is 2. The number of rotatable bonds is 8. The van der Waals surface area contributed by atoms with Crippen molar-refractivity contribution >= 4 is 40.7 Å². The van der Waals surface area contributed by atoms with Gasteiger partial charge in [-0.05, 0) is 30.0 Å². The van der Waals surface area contributed by atoms with Crippen LogP contribution in [-0.2, 0) is 14.3 Å². The highest BCUT2D eigenvalue weighted by atomic mass is 32.2. The number of nitrogens with zero attached hydrogens (tertiary/aromatic N) is 3. The number of thioether (sulfide) groups is 1. The van der Waals surface area contributed by atoms with Gasteiger partial charge in [0, 0.05) is 29.7 Å². The number of para-hydroxylation sites is 1. The van der Waals surface area contributed by atoms with Crippen molar-refractivity contribution in [3.05, 3.63) is 88.1 Å². The van der Waals surface area contributed by atoms with Gasteiger partial charge in [-0.1, -0.05) is 54.6 Å². The number of benzene rings is 2. The summed E-state index contributed by atoms with van der Waals surface area (Å²) < 4.78 is 6.91. The van der Waals surface area contributed by atoms with Gasteiger partial charge in [0.05, 0.1) is 29.0 Å². The lowest BCUT2D eigenvalue weighted by Crippen LogP contribution is -2.43. The molecule has 5 rings (SSSR count). The highest BCUT2D eigenvalue weighted by molar-refractivity contribution is 8.00. The van der Waals surface area contributed by atoms with Crippen LogP contribution in [0.4, 0.5) is 5.82 Å². The number of nitrogens with one attached hydrogen (secondary N) is 1. The Morgan fingerprint density at radius 1 is 1.11 bits per heavy atom. The van der Waals surface area contributed by atoms with Crippen molar-refractivity contribution in [3.63, 3.8) is 0 Å². The molecule has 37 heavy (non-hydrogen) atoms. The maximum absolute atomic E-state index is 13.6. The van der Waals surface area contributed by atoms with E-state index in [4.69, 9.17) is 9.84 Å². The molecule has 4 aromatic rings. The second kappa shape index (κ2) is 11.3. The molecule has 1 aliphatic heterocycles. The lowest BCUT2D eigenvalue weighted by molar-refractivity contribution is -0.123. The zero-order chi connectivity index (χ0) is 25.8. The van der Waals surface area contributed by atoms with Gasteiger partial charge < -0.3 is 10.1 Å². The first-order chi connectivity index (χ1) is 18.1. The van der Waals surface area contributed by atoms with E-state index < -0.39 is 0 Å². The van der Waals surface area contributed by atoms with Crippen LogP contribution in [0.5, 0.6) is 0 Å². The van der Waals surface area contributed by atoms with E-state index in [-0.39, 0.29) is 29.4 Å². The maximum atomic E-state index is 13.6. The Kier molecular flexibility index (Phi) is 7.73. The molecule has 9 heteroatoms. The zero-order valence-electron chi connectivity index (χ0n) is 20.7. The summed E-state index contributed by atoms with van der Waals surface area (Å²) in [4.78, 5) is 29.3. The summed E-state index contributed by atoms with van der Waals surface area (Å²) in [6.07, 6.45) is 0. The van der Waals surface area contributed by atoms with Crippen LogP contribution in [0.1, 0.15) is 21.3 Å². The van der Waals surface area contributed by atoms with Crippen molar-refractivity contribution in [1.29, 1.82) is 0 Å². The molecule has 0 spiro atoms. The normalized spacial score (nSPS) is 15.4. The number of methoxy groups -OCH3 is 1. The summed E-state index contributed by atoms with van der Waals surface area (Å²) in [7, 11) is 1.59. The van der Waals surface area contributed by atoms with E-state index >= 15 is 0 Å². The SMILES string of the molecule is COCCNC(=O)CN1C(=O)CS[C@H](c2cccs2)c2c(-c3ccccc3)nn(-c3ccccc3C)c21. The molecule has 2 amide bonds. The molecule has 2 aromatic heterocycles. The van der Waals surface area contributed by atoms with E-state index in [1.807, 2.05) is 72.3 Å². The van der Waals surface area contributed by atoms with Crippen molar-refractivity contribution in [2.45, 2.75) is 12.2 Å². The number of carbonyl (C=O) groups is 2. The molecule has 3 heterocycles. The van der Waals surface area contributed by atoms with Crippen LogP contribution in [0, 0.1) is 6.92 Å². The maximum Gasteiger partial charge on any atom is 0.240 e. The molecule has 0 radical (unpaired) electrons. The molecular formula is C28H28N4O3S2. The van der Waals surface area contributed by atoms with Crippen molar-refractivity contribution in [1.82, 2.24) is 15.1 Å². The molecule has 0 aliphatic carbocycles. The van der Waals surface area contributed by atoms with Gasteiger partial charge in [0.15, 0.2) is 0 Å². The van der Waals surface area contributed by atoms with Crippen molar-refractivity contribution in [3.8, 4) is 16.9 Å². The van der Waals surface area contributed by atoms with Crippen LogP contribution in [0.2, 0.25) is 0 Å². The summed E-state index contributed by atoms with van der Waals surface area (Å²) in [5, 5.41) is 9.93. The summed E-state index contributed by atoms with van der Waals surface area (Å²) in [5.41, 5.74) is 4.61. The number of ether oxygens (including phenoxy) is 1. The third-order valence-electron chi connectivity index (χ3n) is 6.21. The summed E-state index contributed by atoms with van der Waals surface area (Å²) in [6, 6.07) is 22.1. The van der Waals surface area contributed by atoms with E-state index in [1.54, 1.807) is 35.1 Å². The van der Waals surface area contributed by atoms with Crippen LogP contribution in [-0.4, -0.2) is 54.2 Å². The lowest BCUT2D eigenvalue weighted by Gasteiger charge is -2.23. The van der Waals surface area contributed by atoms with Crippen LogP contribution >= 0.6 is 23.1 Å². The first-order valence-electron chi connectivity index (χ1n) is 12.0. The Morgan fingerprint density at radius 3 is 2.62 bits per heavy atom. The Morgan fingerprint density at radius 2 is 1.89 bits per heavy atom. The number of fused-ring (bicyclic) bond motifs is 1.